The summed E-state index contributed by atoms with van der Waals surface area (Å²) in [4.78, 5) is 0. The number of rotatable bonds is 18. The summed E-state index contributed by atoms with van der Waals surface area (Å²) in [6, 6.07) is 14.9. The first-order chi connectivity index (χ1) is 14.4. The minimum atomic E-state index is 0.844. The molecule has 0 spiro atoms. The van der Waals surface area contributed by atoms with Crippen LogP contribution in [-0.4, -0.2) is 6.61 Å². The first kappa shape index (κ1) is 23.8. The molecule has 0 radical (unpaired) electrons. The van der Waals surface area contributed by atoms with Crippen molar-refractivity contribution >= 4 is 10.8 Å². The van der Waals surface area contributed by atoms with Crippen molar-refractivity contribution in [1.29, 1.82) is 0 Å². The van der Waals surface area contributed by atoms with Gasteiger partial charge in [-0.3, -0.25) is 0 Å². The van der Waals surface area contributed by atoms with Gasteiger partial charge in [-0.25, -0.2) is 0 Å². The molecule has 0 aromatic heterocycles. The largest absolute Gasteiger partial charge is 0.494 e. The SMILES string of the molecule is CCCCCCCCCCCCCCCCCCOc1ccc2ccccc2c1. The van der Waals surface area contributed by atoms with Crippen LogP contribution in [0.3, 0.4) is 0 Å². The molecule has 0 heterocycles. The van der Waals surface area contributed by atoms with Gasteiger partial charge >= 0.3 is 0 Å². The molecule has 2 rings (SSSR count). The first-order valence-electron chi connectivity index (χ1n) is 12.5. The van der Waals surface area contributed by atoms with Crippen LogP contribution in [0.2, 0.25) is 0 Å². The minimum absolute atomic E-state index is 0.844. The number of unbranched alkanes of at least 4 members (excludes halogenated alkanes) is 15. The molecule has 0 bridgehead atoms. The molecule has 2 aromatic rings. The zero-order valence-corrected chi connectivity index (χ0v) is 19.0. The molecule has 2 aromatic carbocycles. The van der Waals surface area contributed by atoms with E-state index in [4.69, 9.17) is 4.74 Å². The highest BCUT2D eigenvalue weighted by Crippen LogP contribution is 2.21. The second-order valence-corrected chi connectivity index (χ2v) is 8.66. The fraction of sp³-hybridized carbons (Fsp3) is 0.643. The maximum absolute atomic E-state index is 5.93. The van der Waals surface area contributed by atoms with Crippen LogP contribution < -0.4 is 4.74 Å². The van der Waals surface area contributed by atoms with Gasteiger partial charge in [-0.15, -0.1) is 0 Å². The monoisotopic (exact) mass is 396 g/mol. The van der Waals surface area contributed by atoms with Gasteiger partial charge < -0.3 is 4.74 Å². The maximum atomic E-state index is 5.93. The number of benzene rings is 2. The Hall–Kier alpha value is -1.50. The standard InChI is InChI=1S/C28H44O/c1-2-3-4-5-6-7-8-9-10-11-12-13-14-15-16-19-24-29-28-23-22-26-20-17-18-21-27(26)25-28/h17-18,20-23,25H,2-16,19,24H2,1H3. The average molecular weight is 397 g/mol. The second kappa shape index (κ2) is 16.3. The Kier molecular flexibility index (Phi) is 13.4. The third-order valence-corrected chi connectivity index (χ3v) is 5.99. The van der Waals surface area contributed by atoms with Gasteiger partial charge in [0.05, 0.1) is 6.61 Å². The van der Waals surface area contributed by atoms with E-state index in [0.29, 0.717) is 0 Å². The first-order valence-corrected chi connectivity index (χ1v) is 12.5. The maximum Gasteiger partial charge on any atom is 0.119 e. The van der Waals surface area contributed by atoms with E-state index >= 15 is 0 Å². The molecule has 0 aliphatic carbocycles. The van der Waals surface area contributed by atoms with Crippen molar-refractivity contribution in [3.05, 3.63) is 42.5 Å². The lowest BCUT2D eigenvalue weighted by molar-refractivity contribution is 0.304. The highest BCUT2D eigenvalue weighted by Gasteiger charge is 1.98. The Morgan fingerprint density at radius 1 is 0.517 bits per heavy atom. The third kappa shape index (κ3) is 11.3. The van der Waals surface area contributed by atoms with Crippen LogP contribution in [0.25, 0.3) is 10.8 Å². The lowest BCUT2D eigenvalue weighted by Crippen LogP contribution is -1.97. The van der Waals surface area contributed by atoms with Crippen molar-refractivity contribution in [2.45, 2.75) is 110 Å². The molecule has 0 unspecified atom stereocenters. The molecule has 0 aliphatic heterocycles. The fourth-order valence-corrected chi connectivity index (χ4v) is 4.10. The Balaban J connectivity index is 1.33. The number of hydrogen-bond donors (Lipinski definition) is 0. The van der Waals surface area contributed by atoms with Crippen LogP contribution >= 0.6 is 0 Å². The summed E-state index contributed by atoms with van der Waals surface area (Å²) in [7, 11) is 0. The van der Waals surface area contributed by atoms with Gasteiger partial charge in [-0.05, 0) is 29.3 Å². The van der Waals surface area contributed by atoms with Gasteiger partial charge in [0.25, 0.3) is 0 Å². The highest BCUT2D eigenvalue weighted by atomic mass is 16.5. The second-order valence-electron chi connectivity index (χ2n) is 8.66. The smallest absolute Gasteiger partial charge is 0.119 e. The van der Waals surface area contributed by atoms with E-state index in [-0.39, 0.29) is 0 Å². The molecule has 1 heteroatoms. The molecule has 0 saturated carbocycles. The molecule has 0 N–H and O–H groups in total. The van der Waals surface area contributed by atoms with Crippen molar-refractivity contribution in [3.8, 4) is 5.75 Å². The molecule has 0 amide bonds. The van der Waals surface area contributed by atoms with Crippen LogP contribution in [0.5, 0.6) is 5.75 Å². The molecule has 162 valence electrons. The van der Waals surface area contributed by atoms with Crippen LogP contribution in [0, 0.1) is 0 Å². The molecule has 29 heavy (non-hydrogen) atoms. The predicted octanol–water partition coefficient (Wildman–Crippen LogP) is 9.48. The van der Waals surface area contributed by atoms with Crippen LogP contribution in [0.4, 0.5) is 0 Å². The van der Waals surface area contributed by atoms with Crippen molar-refractivity contribution in [1.82, 2.24) is 0 Å². The number of fused-ring (bicyclic) bond motifs is 1. The van der Waals surface area contributed by atoms with E-state index in [1.807, 2.05) is 0 Å². The molecule has 0 atom stereocenters. The summed E-state index contributed by atoms with van der Waals surface area (Å²) >= 11 is 0. The Morgan fingerprint density at radius 2 is 1.00 bits per heavy atom. The third-order valence-electron chi connectivity index (χ3n) is 5.99. The molecular weight excluding hydrogens is 352 g/mol. The van der Waals surface area contributed by atoms with E-state index < -0.39 is 0 Å². The van der Waals surface area contributed by atoms with Gasteiger partial charge in [-0.1, -0.05) is 134 Å². The zero-order chi connectivity index (χ0) is 20.4. The highest BCUT2D eigenvalue weighted by molar-refractivity contribution is 5.83. The lowest BCUT2D eigenvalue weighted by Gasteiger charge is -2.07. The molecule has 0 aliphatic rings. The predicted molar refractivity (Wildman–Crippen MR) is 129 cm³/mol. The van der Waals surface area contributed by atoms with Crippen molar-refractivity contribution in [2.24, 2.45) is 0 Å². The van der Waals surface area contributed by atoms with Crippen LogP contribution in [0.1, 0.15) is 110 Å². The molecule has 0 fully saturated rings. The van der Waals surface area contributed by atoms with Crippen molar-refractivity contribution in [2.75, 3.05) is 6.61 Å². The van der Waals surface area contributed by atoms with E-state index in [9.17, 15) is 0 Å². The van der Waals surface area contributed by atoms with Crippen molar-refractivity contribution < 1.29 is 4.74 Å². The summed E-state index contributed by atoms with van der Waals surface area (Å²) in [6.07, 6.45) is 22.5. The Labute approximate surface area is 180 Å². The molecular formula is C28H44O. The zero-order valence-electron chi connectivity index (χ0n) is 19.0. The lowest BCUT2D eigenvalue weighted by atomic mass is 10.0. The summed E-state index contributed by atoms with van der Waals surface area (Å²) in [5.74, 6) is 1.00. The van der Waals surface area contributed by atoms with Crippen LogP contribution in [-0.2, 0) is 0 Å². The van der Waals surface area contributed by atoms with E-state index in [2.05, 4.69) is 49.4 Å². The number of ether oxygens (including phenoxy) is 1. The van der Waals surface area contributed by atoms with Gasteiger partial charge in [0, 0.05) is 0 Å². The fourth-order valence-electron chi connectivity index (χ4n) is 4.10. The minimum Gasteiger partial charge on any atom is -0.494 e. The quantitative estimate of drug-likeness (QED) is 0.228. The summed E-state index contributed by atoms with van der Waals surface area (Å²) in [5, 5.41) is 2.54. The summed E-state index contributed by atoms with van der Waals surface area (Å²) in [6.45, 7) is 3.14. The van der Waals surface area contributed by atoms with Gasteiger partial charge in [0.15, 0.2) is 0 Å². The molecule has 0 saturated heterocycles. The van der Waals surface area contributed by atoms with Crippen molar-refractivity contribution in [3.63, 3.8) is 0 Å². The van der Waals surface area contributed by atoms with Gasteiger partial charge in [0.1, 0.15) is 5.75 Å². The number of hydrogen-bond acceptors (Lipinski definition) is 1. The normalized spacial score (nSPS) is 11.2. The van der Waals surface area contributed by atoms with Gasteiger partial charge in [0.2, 0.25) is 0 Å². The topological polar surface area (TPSA) is 9.23 Å². The Bertz CT molecular complexity index is 633. The van der Waals surface area contributed by atoms with Crippen LogP contribution in [0.15, 0.2) is 42.5 Å². The summed E-state index contributed by atoms with van der Waals surface area (Å²) < 4.78 is 5.93. The van der Waals surface area contributed by atoms with E-state index in [1.54, 1.807) is 0 Å². The molecule has 1 nitrogen and oxygen atoms in total. The van der Waals surface area contributed by atoms with E-state index in [1.165, 1.54) is 114 Å². The average Bonchev–Trinajstić information content (AvgIpc) is 2.76. The Morgan fingerprint density at radius 3 is 1.55 bits per heavy atom. The summed E-state index contributed by atoms with van der Waals surface area (Å²) in [5.41, 5.74) is 0. The van der Waals surface area contributed by atoms with Gasteiger partial charge in [-0.2, -0.15) is 0 Å². The van der Waals surface area contributed by atoms with E-state index in [0.717, 1.165) is 12.4 Å².